The fourth-order valence-electron chi connectivity index (χ4n) is 5.43. The van der Waals surface area contributed by atoms with Gasteiger partial charge in [-0.05, 0) is 72.7 Å². The molecule has 5 nitrogen and oxygen atoms in total. The number of ketones is 1. The molecule has 0 saturated heterocycles. The third-order valence-electron chi connectivity index (χ3n) is 7.43. The van der Waals surface area contributed by atoms with Crippen LogP contribution in [0.3, 0.4) is 0 Å². The first-order chi connectivity index (χ1) is 17.5. The Morgan fingerprint density at radius 2 is 1.64 bits per heavy atom. The van der Waals surface area contributed by atoms with Crippen molar-refractivity contribution in [3.05, 3.63) is 101 Å². The predicted molar refractivity (Wildman–Crippen MR) is 136 cm³/mol. The number of halogens is 1. The normalized spacial score (nSPS) is 21.3. The van der Waals surface area contributed by atoms with Crippen LogP contribution in [0, 0.1) is 11.7 Å². The monoisotopic (exact) mass is 482 g/mol. The molecule has 2 atom stereocenters. The first-order valence-corrected chi connectivity index (χ1v) is 12.4. The molecule has 3 aromatic carbocycles. The number of para-hydroxylation sites is 2. The van der Waals surface area contributed by atoms with Crippen molar-refractivity contribution >= 4 is 23.1 Å². The molecule has 3 aromatic rings. The van der Waals surface area contributed by atoms with E-state index in [1.54, 1.807) is 24.1 Å². The summed E-state index contributed by atoms with van der Waals surface area (Å²) in [6.07, 6.45) is 2.66. The molecule has 0 spiro atoms. The molecule has 0 bridgehead atoms. The van der Waals surface area contributed by atoms with Crippen LogP contribution in [0.5, 0.6) is 5.75 Å². The molecule has 1 heterocycles. The molecular weight excluding hydrogens is 455 g/mol. The van der Waals surface area contributed by atoms with E-state index in [0.717, 1.165) is 46.8 Å². The lowest BCUT2D eigenvalue weighted by molar-refractivity contribution is -0.120. The van der Waals surface area contributed by atoms with Gasteiger partial charge in [0.1, 0.15) is 11.6 Å². The van der Waals surface area contributed by atoms with Crippen molar-refractivity contribution in [1.29, 1.82) is 0 Å². The summed E-state index contributed by atoms with van der Waals surface area (Å²) in [5.74, 6) is 0.385. The number of fused-ring (bicyclic) bond motifs is 1. The lowest BCUT2D eigenvalue weighted by atomic mass is 9.78. The summed E-state index contributed by atoms with van der Waals surface area (Å²) >= 11 is 0. The molecule has 1 fully saturated rings. The van der Waals surface area contributed by atoms with Gasteiger partial charge in [-0.25, -0.2) is 4.39 Å². The average molecular weight is 483 g/mol. The van der Waals surface area contributed by atoms with E-state index in [4.69, 9.17) is 4.74 Å². The number of rotatable bonds is 4. The standard InChI is InChI=1S/C30H27FN2O3/c1-36-23-14-10-18(11-15-23)21-16-25-28(27(34)17-21)29(19-8-12-22(31)13-9-19)33(30(35)20-6-7-20)26-5-3-2-4-24(26)32-25/h2-5,8-15,20-21,29,32H,6-7,16-17H2,1H3/t21-,29-/m0/s1. The number of amides is 1. The molecule has 2 aliphatic carbocycles. The van der Waals surface area contributed by atoms with E-state index in [2.05, 4.69) is 5.32 Å². The molecule has 182 valence electrons. The molecule has 0 aromatic heterocycles. The number of carbonyl (C=O) groups is 2. The molecule has 36 heavy (non-hydrogen) atoms. The third kappa shape index (κ3) is 3.96. The molecule has 3 aliphatic rings. The minimum Gasteiger partial charge on any atom is -0.497 e. The van der Waals surface area contributed by atoms with Gasteiger partial charge in [-0.2, -0.15) is 0 Å². The Bertz CT molecular complexity index is 1360. The van der Waals surface area contributed by atoms with E-state index < -0.39 is 6.04 Å². The molecule has 6 rings (SSSR count). The molecule has 1 aliphatic heterocycles. The lowest BCUT2D eigenvalue weighted by Gasteiger charge is -2.35. The van der Waals surface area contributed by atoms with Gasteiger partial charge < -0.3 is 10.1 Å². The van der Waals surface area contributed by atoms with Gasteiger partial charge >= 0.3 is 0 Å². The maximum absolute atomic E-state index is 13.9. The smallest absolute Gasteiger partial charge is 0.231 e. The number of nitrogens with zero attached hydrogens (tertiary/aromatic N) is 1. The predicted octanol–water partition coefficient (Wildman–Crippen LogP) is 6.14. The van der Waals surface area contributed by atoms with Gasteiger partial charge in [0.15, 0.2) is 5.78 Å². The number of hydrogen-bond acceptors (Lipinski definition) is 4. The Morgan fingerprint density at radius 3 is 2.33 bits per heavy atom. The quantitative estimate of drug-likeness (QED) is 0.485. The fourth-order valence-corrected chi connectivity index (χ4v) is 5.43. The van der Waals surface area contributed by atoms with Crippen LogP contribution in [-0.2, 0) is 9.59 Å². The molecule has 1 amide bonds. The van der Waals surface area contributed by atoms with Crippen molar-refractivity contribution in [2.75, 3.05) is 17.3 Å². The summed E-state index contributed by atoms with van der Waals surface area (Å²) in [6, 6.07) is 21.1. The SMILES string of the molecule is COc1ccc([C@@H]2CC(=O)C3=C(C2)Nc2ccccc2N(C(=O)C2CC2)[C@H]3c2ccc(F)cc2)cc1. The number of anilines is 2. The van der Waals surface area contributed by atoms with E-state index in [1.165, 1.54) is 12.1 Å². The van der Waals surface area contributed by atoms with Crippen LogP contribution in [0.25, 0.3) is 0 Å². The van der Waals surface area contributed by atoms with Crippen molar-refractivity contribution in [3.8, 4) is 5.75 Å². The molecule has 0 radical (unpaired) electrons. The minimum absolute atomic E-state index is 0.000274. The summed E-state index contributed by atoms with van der Waals surface area (Å²) in [6.45, 7) is 0. The van der Waals surface area contributed by atoms with Gasteiger partial charge in [0, 0.05) is 23.6 Å². The number of hydrogen-bond donors (Lipinski definition) is 1. The number of benzene rings is 3. The molecule has 1 saturated carbocycles. The van der Waals surface area contributed by atoms with Gasteiger partial charge in [-0.3, -0.25) is 14.5 Å². The number of ether oxygens (including phenoxy) is 1. The summed E-state index contributed by atoms with van der Waals surface area (Å²) in [5.41, 5.74) is 4.75. The van der Waals surface area contributed by atoms with Gasteiger partial charge in [-0.1, -0.05) is 36.4 Å². The summed E-state index contributed by atoms with van der Waals surface area (Å²) in [4.78, 5) is 29.4. The van der Waals surface area contributed by atoms with E-state index in [-0.39, 0.29) is 29.3 Å². The topological polar surface area (TPSA) is 58.6 Å². The van der Waals surface area contributed by atoms with Crippen molar-refractivity contribution in [2.45, 2.75) is 37.6 Å². The summed E-state index contributed by atoms with van der Waals surface area (Å²) < 4.78 is 19.2. The van der Waals surface area contributed by atoms with Gasteiger partial charge in [0.05, 0.1) is 24.5 Å². The second kappa shape index (κ2) is 8.94. The van der Waals surface area contributed by atoms with E-state index in [1.807, 2.05) is 48.5 Å². The van der Waals surface area contributed by atoms with Crippen LogP contribution in [0.4, 0.5) is 15.8 Å². The number of allylic oxidation sites excluding steroid dienone is 1. The first kappa shape index (κ1) is 22.5. The molecule has 1 N–H and O–H groups in total. The number of carbonyl (C=O) groups excluding carboxylic acids is 2. The summed E-state index contributed by atoms with van der Waals surface area (Å²) in [5, 5.41) is 3.54. The second-order valence-electron chi connectivity index (χ2n) is 9.77. The maximum Gasteiger partial charge on any atom is 0.231 e. The Kier molecular flexibility index (Phi) is 5.59. The Hall–Kier alpha value is -3.93. The van der Waals surface area contributed by atoms with Gasteiger partial charge in [-0.15, -0.1) is 0 Å². The average Bonchev–Trinajstić information content (AvgIpc) is 3.75. The van der Waals surface area contributed by atoms with Crippen LogP contribution in [0.2, 0.25) is 0 Å². The Labute approximate surface area is 209 Å². The van der Waals surface area contributed by atoms with E-state index in [9.17, 15) is 14.0 Å². The fraction of sp³-hybridized carbons (Fsp3) is 0.267. The molecular formula is C30H27FN2O3. The van der Waals surface area contributed by atoms with Crippen LogP contribution in [0.1, 0.15) is 48.8 Å². The maximum atomic E-state index is 13.9. The summed E-state index contributed by atoms with van der Waals surface area (Å²) in [7, 11) is 1.63. The highest BCUT2D eigenvalue weighted by Gasteiger charge is 2.44. The number of nitrogens with one attached hydrogen (secondary N) is 1. The largest absolute Gasteiger partial charge is 0.497 e. The van der Waals surface area contributed by atoms with Crippen molar-refractivity contribution in [2.24, 2.45) is 5.92 Å². The zero-order valence-corrected chi connectivity index (χ0v) is 20.0. The van der Waals surface area contributed by atoms with E-state index in [0.29, 0.717) is 18.4 Å². The highest BCUT2D eigenvalue weighted by molar-refractivity contribution is 6.07. The van der Waals surface area contributed by atoms with Crippen molar-refractivity contribution in [1.82, 2.24) is 0 Å². The van der Waals surface area contributed by atoms with Crippen LogP contribution < -0.4 is 15.0 Å². The lowest BCUT2D eigenvalue weighted by Crippen LogP contribution is -2.39. The Morgan fingerprint density at radius 1 is 0.944 bits per heavy atom. The van der Waals surface area contributed by atoms with Crippen LogP contribution >= 0.6 is 0 Å². The molecule has 6 heteroatoms. The molecule has 0 unspecified atom stereocenters. The van der Waals surface area contributed by atoms with Gasteiger partial charge in [0.2, 0.25) is 5.91 Å². The third-order valence-corrected chi connectivity index (χ3v) is 7.43. The second-order valence-corrected chi connectivity index (χ2v) is 9.77. The van der Waals surface area contributed by atoms with Crippen molar-refractivity contribution in [3.63, 3.8) is 0 Å². The zero-order chi connectivity index (χ0) is 24.8. The zero-order valence-electron chi connectivity index (χ0n) is 20.0. The number of Topliss-reactive ketones (excluding diaryl/α,β-unsaturated/α-hetero) is 1. The van der Waals surface area contributed by atoms with Crippen LogP contribution in [-0.4, -0.2) is 18.8 Å². The minimum atomic E-state index is -0.617. The van der Waals surface area contributed by atoms with Gasteiger partial charge in [0.25, 0.3) is 0 Å². The Balaban J connectivity index is 1.50. The number of methoxy groups -OCH3 is 1. The highest BCUT2D eigenvalue weighted by atomic mass is 19.1. The van der Waals surface area contributed by atoms with Crippen LogP contribution in [0.15, 0.2) is 84.1 Å². The highest BCUT2D eigenvalue weighted by Crippen LogP contribution is 2.49. The van der Waals surface area contributed by atoms with E-state index >= 15 is 0 Å². The first-order valence-electron chi connectivity index (χ1n) is 12.4. The van der Waals surface area contributed by atoms with Crippen molar-refractivity contribution < 1.29 is 18.7 Å².